The molecule has 2 heterocycles. The Kier molecular flexibility index (Phi) is 6.18. The van der Waals surface area contributed by atoms with Crippen molar-refractivity contribution in [2.75, 3.05) is 4.90 Å². The van der Waals surface area contributed by atoms with E-state index in [0.717, 1.165) is 61.2 Å². The van der Waals surface area contributed by atoms with Crippen LogP contribution in [0.1, 0.15) is 0 Å². The maximum absolute atomic E-state index is 6.51. The summed E-state index contributed by atoms with van der Waals surface area (Å²) in [4.78, 5) is 2.38. The molecule has 10 rings (SSSR count). The SMILES string of the molecule is c1ccc(N(c2ccc(-c3cccc4oc5c6ccccc6ccc5c34)cc2)c2cccc3c4ccccc4n(-c4ccccc4)c23)cc1. The summed E-state index contributed by atoms with van der Waals surface area (Å²) in [6, 6.07) is 64.9. The van der Waals surface area contributed by atoms with Gasteiger partial charge >= 0.3 is 0 Å². The van der Waals surface area contributed by atoms with E-state index >= 15 is 0 Å². The predicted octanol–water partition coefficient (Wildman–Crippen LogP) is 13.0. The van der Waals surface area contributed by atoms with E-state index in [4.69, 9.17) is 4.42 Å². The highest BCUT2D eigenvalue weighted by Crippen LogP contribution is 2.44. The summed E-state index contributed by atoms with van der Waals surface area (Å²) >= 11 is 0. The predicted molar refractivity (Wildman–Crippen MR) is 206 cm³/mol. The highest BCUT2D eigenvalue weighted by molar-refractivity contribution is 6.19. The normalized spacial score (nSPS) is 11.7. The van der Waals surface area contributed by atoms with Crippen LogP contribution in [0.4, 0.5) is 17.1 Å². The quantitative estimate of drug-likeness (QED) is 0.190. The van der Waals surface area contributed by atoms with Crippen molar-refractivity contribution in [2.24, 2.45) is 0 Å². The van der Waals surface area contributed by atoms with Crippen molar-refractivity contribution in [1.82, 2.24) is 4.57 Å². The Balaban J connectivity index is 1.18. The molecular formula is C46H30N2O. The molecule has 0 saturated heterocycles. The zero-order chi connectivity index (χ0) is 32.3. The van der Waals surface area contributed by atoms with Gasteiger partial charge in [0.05, 0.1) is 16.7 Å². The molecule has 10 aromatic rings. The zero-order valence-electron chi connectivity index (χ0n) is 26.6. The highest BCUT2D eigenvalue weighted by atomic mass is 16.3. The fourth-order valence-corrected chi connectivity index (χ4v) is 7.61. The van der Waals surface area contributed by atoms with E-state index in [-0.39, 0.29) is 0 Å². The van der Waals surface area contributed by atoms with E-state index in [1.807, 2.05) is 0 Å². The van der Waals surface area contributed by atoms with Crippen molar-refractivity contribution in [1.29, 1.82) is 0 Å². The number of nitrogens with zero attached hydrogens (tertiary/aromatic N) is 2. The number of benzene rings is 8. The third-order valence-electron chi connectivity index (χ3n) is 9.77. The van der Waals surface area contributed by atoms with Crippen LogP contribution in [0.15, 0.2) is 186 Å². The van der Waals surface area contributed by atoms with Crippen molar-refractivity contribution >= 4 is 71.6 Å². The highest BCUT2D eigenvalue weighted by Gasteiger charge is 2.22. The van der Waals surface area contributed by atoms with E-state index < -0.39 is 0 Å². The lowest BCUT2D eigenvalue weighted by atomic mass is 9.98. The van der Waals surface area contributed by atoms with E-state index in [1.54, 1.807) is 0 Å². The fraction of sp³-hybridized carbons (Fsp3) is 0. The van der Waals surface area contributed by atoms with Crippen molar-refractivity contribution in [3.8, 4) is 16.8 Å². The van der Waals surface area contributed by atoms with Crippen LogP contribution in [0.3, 0.4) is 0 Å². The summed E-state index contributed by atoms with van der Waals surface area (Å²) in [5.74, 6) is 0. The first-order valence-corrected chi connectivity index (χ1v) is 16.7. The first-order valence-electron chi connectivity index (χ1n) is 16.7. The largest absolute Gasteiger partial charge is 0.455 e. The van der Waals surface area contributed by atoms with Gasteiger partial charge in [-0.2, -0.15) is 0 Å². The van der Waals surface area contributed by atoms with Crippen LogP contribution in [0, 0.1) is 0 Å². The minimum Gasteiger partial charge on any atom is -0.455 e. The molecular weight excluding hydrogens is 597 g/mol. The van der Waals surface area contributed by atoms with Crippen LogP contribution in [0.25, 0.3) is 71.3 Å². The molecule has 49 heavy (non-hydrogen) atoms. The van der Waals surface area contributed by atoms with Gasteiger partial charge in [0.1, 0.15) is 11.2 Å². The summed E-state index contributed by atoms with van der Waals surface area (Å²) in [7, 11) is 0. The lowest BCUT2D eigenvalue weighted by Gasteiger charge is -2.27. The number of para-hydroxylation sites is 4. The molecule has 230 valence electrons. The number of furan rings is 1. The van der Waals surface area contributed by atoms with Gasteiger partial charge in [0, 0.05) is 44.0 Å². The van der Waals surface area contributed by atoms with Crippen LogP contribution >= 0.6 is 0 Å². The Morgan fingerprint density at radius 1 is 0.449 bits per heavy atom. The lowest BCUT2D eigenvalue weighted by molar-refractivity contribution is 0.673. The maximum atomic E-state index is 6.51. The summed E-state index contributed by atoms with van der Waals surface area (Å²) < 4.78 is 8.91. The van der Waals surface area contributed by atoms with Crippen LogP contribution in [-0.2, 0) is 0 Å². The topological polar surface area (TPSA) is 21.3 Å². The number of hydrogen-bond acceptors (Lipinski definition) is 2. The molecule has 8 aromatic carbocycles. The van der Waals surface area contributed by atoms with Gasteiger partial charge in [-0.05, 0) is 77.2 Å². The van der Waals surface area contributed by atoms with Gasteiger partial charge in [-0.15, -0.1) is 0 Å². The number of anilines is 3. The van der Waals surface area contributed by atoms with Crippen molar-refractivity contribution in [3.63, 3.8) is 0 Å². The first kappa shape index (κ1) is 27.5. The fourth-order valence-electron chi connectivity index (χ4n) is 7.61. The van der Waals surface area contributed by atoms with Crippen LogP contribution in [0.2, 0.25) is 0 Å². The monoisotopic (exact) mass is 626 g/mol. The van der Waals surface area contributed by atoms with Gasteiger partial charge < -0.3 is 13.9 Å². The Morgan fingerprint density at radius 2 is 1.12 bits per heavy atom. The van der Waals surface area contributed by atoms with E-state index in [9.17, 15) is 0 Å². The van der Waals surface area contributed by atoms with Gasteiger partial charge in [-0.3, -0.25) is 0 Å². The second-order valence-corrected chi connectivity index (χ2v) is 12.5. The Bertz CT molecular complexity index is 2810. The summed E-state index contributed by atoms with van der Waals surface area (Å²) in [5.41, 5.74) is 10.9. The Hall–Kier alpha value is -6.58. The minimum absolute atomic E-state index is 0.902. The number of fused-ring (bicyclic) bond motifs is 8. The molecule has 3 heteroatoms. The summed E-state index contributed by atoms with van der Waals surface area (Å²) in [6.45, 7) is 0. The smallest absolute Gasteiger partial charge is 0.143 e. The average molecular weight is 627 g/mol. The molecule has 0 fully saturated rings. The molecule has 0 bridgehead atoms. The second kappa shape index (κ2) is 11.0. The molecule has 0 N–H and O–H groups in total. The minimum atomic E-state index is 0.902. The molecule has 0 aliphatic carbocycles. The third-order valence-corrected chi connectivity index (χ3v) is 9.77. The first-order chi connectivity index (χ1) is 24.3. The molecule has 0 saturated carbocycles. The second-order valence-electron chi connectivity index (χ2n) is 12.5. The molecule has 0 spiro atoms. The molecule has 0 amide bonds. The number of aromatic nitrogens is 1. The molecule has 0 aliphatic heterocycles. The lowest BCUT2D eigenvalue weighted by Crippen LogP contribution is -2.11. The average Bonchev–Trinajstić information content (AvgIpc) is 3.73. The molecule has 3 nitrogen and oxygen atoms in total. The molecule has 0 unspecified atom stereocenters. The van der Waals surface area contributed by atoms with Crippen LogP contribution in [-0.4, -0.2) is 4.57 Å². The molecule has 0 atom stereocenters. The van der Waals surface area contributed by atoms with Gasteiger partial charge in [0.15, 0.2) is 0 Å². The number of hydrogen-bond donors (Lipinski definition) is 0. The maximum Gasteiger partial charge on any atom is 0.143 e. The van der Waals surface area contributed by atoms with Crippen LogP contribution in [0.5, 0.6) is 0 Å². The van der Waals surface area contributed by atoms with E-state index in [0.29, 0.717) is 0 Å². The van der Waals surface area contributed by atoms with Gasteiger partial charge in [0.25, 0.3) is 0 Å². The van der Waals surface area contributed by atoms with Crippen molar-refractivity contribution in [2.45, 2.75) is 0 Å². The summed E-state index contributed by atoms with van der Waals surface area (Å²) in [6.07, 6.45) is 0. The molecule has 2 aromatic heterocycles. The van der Waals surface area contributed by atoms with Gasteiger partial charge in [-0.1, -0.05) is 121 Å². The van der Waals surface area contributed by atoms with Crippen molar-refractivity contribution < 1.29 is 4.42 Å². The number of rotatable bonds is 5. The van der Waals surface area contributed by atoms with E-state index in [2.05, 4.69) is 191 Å². The van der Waals surface area contributed by atoms with Crippen molar-refractivity contribution in [3.05, 3.63) is 182 Å². The zero-order valence-corrected chi connectivity index (χ0v) is 26.6. The Morgan fingerprint density at radius 3 is 1.96 bits per heavy atom. The third kappa shape index (κ3) is 4.29. The Labute approximate surface area is 283 Å². The molecule has 0 aliphatic rings. The van der Waals surface area contributed by atoms with Gasteiger partial charge in [-0.25, -0.2) is 0 Å². The van der Waals surface area contributed by atoms with Crippen LogP contribution < -0.4 is 4.90 Å². The summed E-state index contributed by atoms with van der Waals surface area (Å²) in [5, 5.41) is 7.06. The standard InChI is InChI=1S/C46H30N2O/c1-3-14-33(15-4-1)47(42-23-11-21-39-38-19-9-10-22-41(38)48(45(39)42)34-16-5-2-6-17-34)35-28-25-32(26-29-35)36-20-12-24-43-44(36)40-30-27-31-13-7-8-18-37(31)46(40)49-43/h1-30H. The van der Waals surface area contributed by atoms with E-state index in [1.165, 1.54) is 27.2 Å². The van der Waals surface area contributed by atoms with Gasteiger partial charge in [0.2, 0.25) is 0 Å². The molecule has 0 radical (unpaired) electrons.